The quantitative estimate of drug-likeness (QED) is 0.556. The van der Waals surface area contributed by atoms with Gasteiger partial charge in [0.15, 0.2) is 8.32 Å². The molecule has 0 spiro atoms. The summed E-state index contributed by atoms with van der Waals surface area (Å²) in [6, 6.07) is 0. The summed E-state index contributed by atoms with van der Waals surface area (Å²) in [4.78, 5) is 11.6. The number of hydrogen-bond donors (Lipinski definition) is 1. The average Bonchev–Trinajstić information content (AvgIpc) is 2.44. The predicted molar refractivity (Wildman–Crippen MR) is 97.5 cm³/mol. The highest BCUT2D eigenvalue weighted by atomic mass is 28.4. The van der Waals surface area contributed by atoms with Crippen LogP contribution in [-0.4, -0.2) is 50.9 Å². The van der Waals surface area contributed by atoms with Crippen LogP contribution in [0.2, 0.25) is 18.1 Å². The molecule has 0 aromatic carbocycles. The van der Waals surface area contributed by atoms with E-state index in [2.05, 4.69) is 40.8 Å². The number of ether oxygens (including phenoxy) is 2. The minimum atomic E-state index is -1.87. The molecule has 1 saturated heterocycles. The average molecular weight is 361 g/mol. The number of carbonyl (C=O) groups excluding carboxylic acids is 1. The van der Waals surface area contributed by atoms with Crippen LogP contribution in [0.15, 0.2) is 0 Å². The minimum Gasteiger partial charge on any atom is -0.466 e. The predicted octanol–water partition coefficient (Wildman–Crippen LogP) is 3.51. The van der Waals surface area contributed by atoms with Gasteiger partial charge in [0.25, 0.3) is 0 Å². The zero-order valence-electron chi connectivity index (χ0n) is 16.4. The molecule has 0 unspecified atom stereocenters. The summed E-state index contributed by atoms with van der Waals surface area (Å²) < 4.78 is 17.3. The van der Waals surface area contributed by atoms with E-state index < -0.39 is 14.4 Å². The Hall–Kier alpha value is -0.433. The third kappa shape index (κ3) is 6.13. The molecular weight excluding hydrogens is 324 g/mol. The fourth-order valence-corrected chi connectivity index (χ4v) is 3.65. The maximum atomic E-state index is 11.6. The first-order chi connectivity index (χ1) is 11.0. The van der Waals surface area contributed by atoms with Crippen LogP contribution in [0.1, 0.15) is 53.9 Å². The molecular formula is C18H36O5Si. The van der Waals surface area contributed by atoms with Crippen LogP contribution in [0.25, 0.3) is 0 Å². The molecule has 1 heterocycles. The minimum absolute atomic E-state index is 0.0363. The highest BCUT2D eigenvalue weighted by Crippen LogP contribution is 2.37. The summed E-state index contributed by atoms with van der Waals surface area (Å²) in [6.45, 7) is 15.7. The zero-order valence-corrected chi connectivity index (χ0v) is 17.4. The fourth-order valence-electron chi connectivity index (χ4n) is 2.64. The molecule has 4 atom stereocenters. The van der Waals surface area contributed by atoms with Gasteiger partial charge in [-0.1, -0.05) is 27.7 Å². The number of esters is 1. The van der Waals surface area contributed by atoms with E-state index in [0.717, 1.165) is 0 Å². The lowest BCUT2D eigenvalue weighted by atomic mass is 9.89. The molecule has 1 aliphatic rings. The molecule has 1 rings (SSSR count). The maximum absolute atomic E-state index is 11.6. The second-order valence-electron chi connectivity index (χ2n) is 8.41. The summed E-state index contributed by atoms with van der Waals surface area (Å²) in [7, 11) is -1.87. The van der Waals surface area contributed by atoms with Crippen LogP contribution in [0.5, 0.6) is 0 Å². The standard InChI is InChI=1S/C18H36O5Si/c1-8-21-17(20)10-9-15-13(2)11-14(19)16(23-15)12-22-24(6,7)18(3,4)5/h13-16,19H,8-12H2,1-7H3/t13-,14-,15-,16+/m0/s1. The van der Waals surface area contributed by atoms with Crippen molar-refractivity contribution in [2.75, 3.05) is 13.2 Å². The van der Waals surface area contributed by atoms with Gasteiger partial charge in [-0.3, -0.25) is 4.79 Å². The van der Waals surface area contributed by atoms with Crippen LogP contribution in [0.3, 0.4) is 0 Å². The number of aliphatic hydroxyl groups is 1. The van der Waals surface area contributed by atoms with E-state index >= 15 is 0 Å². The zero-order chi connectivity index (χ0) is 18.5. The first-order valence-corrected chi connectivity index (χ1v) is 12.0. The van der Waals surface area contributed by atoms with Crippen molar-refractivity contribution in [2.24, 2.45) is 5.92 Å². The molecule has 142 valence electrons. The van der Waals surface area contributed by atoms with Gasteiger partial charge in [-0.2, -0.15) is 0 Å². The van der Waals surface area contributed by atoms with Crippen LogP contribution in [0.4, 0.5) is 0 Å². The molecule has 0 amide bonds. The Labute approximate surface area is 148 Å². The number of carbonyl (C=O) groups is 1. The van der Waals surface area contributed by atoms with Crippen molar-refractivity contribution in [3.05, 3.63) is 0 Å². The van der Waals surface area contributed by atoms with Crippen LogP contribution >= 0.6 is 0 Å². The molecule has 1 aliphatic heterocycles. The summed E-state index contributed by atoms with van der Waals surface area (Å²) in [5.74, 6) is 0.0343. The Morgan fingerprint density at radius 1 is 1.29 bits per heavy atom. The van der Waals surface area contributed by atoms with Gasteiger partial charge in [0.2, 0.25) is 0 Å². The molecule has 24 heavy (non-hydrogen) atoms. The molecule has 1 fully saturated rings. The third-order valence-electron chi connectivity index (χ3n) is 5.38. The van der Waals surface area contributed by atoms with Crippen molar-refractivity contribution < 1.29 is 23.8 Å². The lowest BCUT2D eigenvalue weighted by Gasteiger charge is -2.41. The van der Waals surface area contributed by atoms with E-state index in [1.165, 1.54) is 0 Å². The first kappa shape index (κ1) is 21.6. The van der Waals surface area contributed by atoms with E-state index in [4.69, 9.17) is 13.9 Å². The number of aliphatic hydroxyl groups excluding tert-OH is 1. The topological polar surface area (TPSA) is 65.0 Å². The summed E-state index contributed by atoms with van der Waals surface area (Å²) in [5.41, 5.74) is 0. The van der Waals surface area contributed by atoms with Crippen LogP contribution < -0.4 is 0 Å². The van der Waals surface area contributed by atoms with Crippen molar-refractivity contribution in [1.82, 2.24) is 0 Å². The second kappa shape index (κ2) is 8.78. The van der Waals surface area contributed by atoms with E-state index in [9.17, 15) is 9.90 Å². The fraction of sp³-hybridized carbons (Fsp3) is 0.944. The molecule has 0 aromatic heterocycles. The monoisotopic (exact) mass is 360 g/mol. The normalized spacial score (nSPS) is 28.7. The highest BCUT2D eigenvalue weighted by Gasteiger charge is 2.40. The molecule has 1 N–H and O–H groups in total. The van der Waals surface area contributed by atoms with Gasteiger partial charge in [-0.15, -0.1) is 0 Å². The Bertz CT molecular complexity index is 405. The van der Waals surface area contributed by atoms with Gasteiger partial charge in [0, 0.05) is 6.42 Å². The molecule has 6 heteroatoms. The van der Waals surface area contributed by atoms with Crippen LogP contribution in [0, 0.1) is 5.92 Å². The van der Waals surface area contributed by atoms with E-state index in [0.29, 0.717) is 32.5 Å². The van der Waals surface area contributed by atoms with Crippen molar-refractivity contribution in [2.45, 2.75) is 90.3 Å². The van der Waals surface area contributed by atoms with Crippen molar-refractivity contribution >= 4 is 14.3 Å². The lowest BCUT2D eigenvalue weighted by Crippen LogP contribution is -2.49. The van der Waals surface area contributed by atoms with Gasteiger partial charge in [0.1, 0.15) is 6.10 Å². The maximum Gasteiger partial charge on any atom is 0.305 e. The second-order valence-corrected chi connectivity index (χ2v) is 13.2. The Morgan fingerprint density at radius 3 is 2.46 bits per heavy atom. The lowest BCUT2D eigenvalue weighted by molar-refractivity contribution is -0.160. The summed E-state index contributed by atoms with van der Waals surface area (Å²) >= 11 is 0. The van der Waals surface area contributed by atoms with Gasteiger partial charge < -0.3 is 19.0 Å². The smallest absolute Gasteiger partial charge is 0.305 e. The molecule has 0 saturated carbocycles. The number of rotatable bonds is 7. The summed E-state index contributed by atoms with van der Waals surface area (Å²) in [6.07, 6.45) is 0.800. The Kier molecular flexibility index (Phi) is 7.91. The van der Waals surface area contributed by atoms with E-state index in [1.54, 1.807) is 0 Å². The first-order valence-electron chi connectivity index (χ1n) is 9.11. The summed E-state index contributed by atoms with van der Waals surface area (Å²) in [5, 5.41) is 10.5. The Morgan fingerprint density at radius 2 is 1.92 bits per heavy atom. The highest BCUT2D eigenvalue weighted by molar-refractivity contribution is 6.74. The van der Waals surface area contributed by atoms with E-state index in [1.807, 2.05) is 6.92 Å². The van der Waals surface area contributed by atoms with Gasteiger partial charge >= 0.3 is 5.97 Å². The van der Waals surface area contributed by atoms with Gasteiger partial charge in [-0.25, -0.2) is 0 Å². The van der Waals surface area contributed by atoms with E-state index in [-0.39, 0.29) is 29.1 Å². The number of hydrogen-bond acceptors (Lipinski definition) is 5. The third-order valence-corrected chi connectivity index (χ3v) is 9.88. The largest absolute Gasteiger partial charge is 0.466 e. The molecule has 0 bridgehead atoms. The van der Waals surface area contributed by atoms with Crippen molar-refractivity contribution in [3.8, 4) is 0 Å². The van der Waals surface area contributed by atoms with Crippen molar-refractivity contribution in [3.63, 3.8) is 0 Å². The molecule has 0 aromatic rings. The SMILES string of the molecule is CCOC(=O)CC[C@@H]1O[C@H](CO[Si](C)(C)C(C)(C)C)[C@@H](O)C[C@@H]1C. The van der Waals surface area contributed by atoms with Gasteiger partial charge in [-0.05, 0) is 43.8 Å². The molecule has 5 nitrogen and oxygen atoms in total. The van der Waals surface area contributed by atoms with Crippen LogP contribution in [-0.2, 0) is 18.7 Å². The molecule has 0 aliphatic carbocycles. The van der Waals surface area contributed by atoms with Crippen molar-refractivity contribution in [1.29, 1.82) is 0 Å². The van der Waals surface area contributed by atoms with Gasteiger partial charge in [0.05, 0.1) is 25.4 Å². The Balaban J connectivity index is 2.57. The molecule has 0 radical (unpaired) electrons.